The van der Waals surface area contributed by atoms with Crippen LogP contribution in [-0.2, 0) is 9.47 Å². The molecule has 4 aliphatic rings. The number of aliphatic imine (C=N–C) groups is 2. The first-order chi connectivity index (χ1) is 11.9. The molecule has 122 valence electrons. The van der Waals surface area contributed by atoms with Gasteiger partial charge in [-0.15, -0.1) is 0 Å². The van der Waals surface area contributed by atoms with E-state index in [1.54, 1.807) is 37.2 Å². The van der Waals surface area contributed by atoms with E-state index in [9.17, 15) is 0 Å². The highest BCUT2D eigenvalue weighted by Crippen LogP contribution is 2.39. The zero-order valence-corrected chi connectivity index (χ0v) is 14.2. The molecule has 8 heteroatoms. The van der Waals surface area contributed by atoms with Crippen molar-refractivity contribution in [2.45, 2.75) is 17.2 Å². The van der Waals surface area contributed by atoms with Gasteiger partial charge in [0, 0.05) is 24.4 Å². The molecule has 0 aromatic carbocycles. The van der Waals surface area contributed by atoms with Gasteiger partial charge in [-0.05, 0) is 53.8 Å². The zero-order valence-electron chi connectivity index (χ0n) is 12.6. The van der Waals surface area contributed by atoms with Gasteiger partial charge in [-0.25, -0.2) is 18.8 Å². The first kappa shape index (κ1) is 15.5. The summed E-state index contributed by atoms with van der Waals surface area (Å²) in [6.07, 6.45) is 17.4. The molecule has 4 aliphatic heterocycles. The Morgan fingerprint density at radius 1 is 1.12 bits per heavy atom. The fourth-order valence-corrected chi connectivity index (χ4v) is 3.97. The molecule has 0 saturated heterocycles. The summed E-state index contributed by atoms with van der Waals surface area (Å²) in [4.78, 5) is 9.36. The molecule has 0 spiro atoms. The largest absolute Gasteiger partial charge is 0.470 e. The Hall–Kier alpha value is -2.06. The predicted molar refractivity (Wildman–Crippen MR) is 101 cm³/mol. The van der Waals surface area contributed by atoms with E-state index in [4.69, 9.17) is 14.5 Å². The monoisotopic (exact) mass is 358 g/mol. The number of hydrogen-bond acceptors (Lipinski definition) is 8. The van der Waals surface area contributed by atoms with Crippen LogP contribution in [-0.4, -0.2) is 47.3 Å². The Balaban J connectivity index is 1.75. The van der Waals surface area contributed by atoms with Crippen molar-refractivity contribution in [1.29, 1.82) is 0 Å². The highest BCUT2D eigenvalue weighted by atomic mass is 32.2. The molecule has 3 unspecified atom stereocenters. The van der Waals surface area contributed by atoms with E-state index in [0.29, 0.717) is 0 Å². The fraction of sp³-hybridized carbons (Fsp3) is 0.250. The molecule has 24 heavy (non-hydrogen) atoms. The number of allylic oxidation sites excluding steroid dienone is 4. The standard InChI is InChI=1S/C16H14N4O2S2/c1-3-14(24-19-7-1)16(15-17-6-2-9-21-15)20-13(5-10-22-16)12-4-8-18-23-11-12/h1-10,14-15H,11H2. The normalized spacial score (nSPS) is 33.7. The third-order valence-electron chi connectivity index (χ3n) is 3.70. The average molecular weight is 358 g/mol. The van der Waals surface area contributed by atoms with Gasteiger partial charge in [0.15, 0.2) is 0 Å². The van der Waals surface area contributed by atoms with Gasteiger partial charge in [0.05, 0.1) is 18.2 Å². The van der Waals surface area contributed by atoms with Crippen molar-refractivity contribution >= 4 is 48.3 Å². The van der Waals surface area contributed by atoms with E-state index in [1.165, 1.54) is 23.9 Å². The summed E-state index contributed by atoms with van der Waals surface area (Å²) in [5.74, 6) is 0.774. The number of nitrogens with zero attached hydrogens (tertiary/aromatic N) is 4. The molecule has 0 radical (unpaired) electrons. The van der Waals surface area contributed by atoms with Gasteiger partial charge in [-0.3, -0.25) is 0 Å². The molecule has 0 saturated carbocycles. The minimum atomic E-state index is -1.01. The van der Waals surface area contributed by atoms with Crippen LogP contribution in [0.2, 0.25) is 0 Å². The van der Waals surface area contributed by atoms with E-state index >= 15 is 0 Å². The van der Waals surface area contributed by atoms with Crippen LogP contribution in [0.15, 0.2) is 67.3 Å². The molecule has 0 aromatic heterocycles. The summed E-state index contributed by atoms with van der Waals surface area (Å²) in [5.41, 5.74) is 0.948. The van der Waals surface area contributed by atoms with Crippen molar-refractivity contribution in [3.8, 4) is 0 Å². The molecule has 0 N–H and O–H groups in total. The van der Waals surface area contributed by atoms with Gasteiger partial charge >= 0.3 is 0 Å². The summed E-state index contributed by atoms with van der Waals surface area (Å²) in [5, 5.41) is -0.151. The van der Waals surface area contributed by atoms with Gasteiger partial charge < -0.3 is 9.47 Å². The quantitative estimate of drug-likeness (QED) is 0.728. The Labute approximate surface area is 148 Å². The van der Waals surface area contributed by atoms with Crippen molar-refractivity contribution in [3.63, 3.8) is 0 Å². The maximum absolute atomic E-state index is 6.01. The molecule has 0 bridgehead atoms. The molecule has 4 rings (SSSR count). The first-order valence-corrected chi connectivity index (χ1v) is 9.15. The first-order valence-electron chi connectivity index (χ1n) is 7.37. The minimum Gasteiger partial charge on any atom is -0.470 e. The summed E-state index contributed by atoms with van der Waals surface area (Å²) in [6.45, 7) is 0. The maximum atomic E-state index is 6.01. The molecular weight excluding hydrogens is 344 g/mol. The van der Waals surface area contributed by atoms with Crippen molar-refractivity contribution in [2.24, 2.45) is 18.8 Å². The second kappa shape index (κ2) is 6.82. The minimum absolute atomic E-state index is 0.151. The predicted octanol–water partition coefficient (Wildman–Crippen LogP) is 2.92. The van der Waals surface area contributed by atoms with E-state index in [1.807, 2.05) is 24.3 Å². The summed E-state index contributed by atoms with van der Waals surface area (Å²) in [6, 6.07) is 0. The Morgan fingerprint density at radius 2 is 2.12 bits per heavy atom. The molecule has 4 heterocycles. The molecular formula is C16H14N4O2S2. The van der Waals surface area contributed by atoms with Crippen LogP contribution in [0.1, 0.15) is 0 Å². The van der Waals surface area contributed by atoms with Crippen LogP contribution >= 0.6 is 23.9 Å². The Kier molecular flexibility index (Phi) is 4.40. The number of rotatable bonds is 3. The van der Waals surface area contributed by atoms with Crippen molar-refractivity contribution in [3.05, 3.63) is 48.5 Å². The summed E-state index contributed by atoms with van der Waals surface area (Å²) < 4.78 is 20.2. The van der Waals surface area contributed by atoms with E-state index in [2.05, 4.69) is 13.8 Å². The van der Waals surface area contributed by atoms with Crippen LogP contribution < -0.4 is 0 Å². The third-order valence-corrected chi connectivity index (χ3v) is 5.38. The zero-order chi connectivity index (χ0) is 16.2. The second-order valence-corrected chi connectivity index (χ2v) is 6.86. The summed E-state index contributed by atoms with van der Waals surface area (Å²) in [7, 11) is 0. The van der Waals surface area contributed by atoms with E-state index < -0.39 is 12.0 Å². The molecule has 0 fully saturated rings. The molecule has 0 aliphatic carbocycles. The van der Waals surface area contributed by atoms with Gasteiger partial charge in [0.25, 0.3) is 12.0 Å². The Bertz CT molecular complexity index is 719. The lowest BCUT2D eigenvalue weighted by Crippen LogP contribution is -2.52. The lowest BCUT2D eigenvalue weighted by atomic mass is 10.0. The van der Waals surface area contributed by atoms with Crippen LogP contribution in [0, 0.1) is 0 Å². The molecule has 3 atom stereocenters. The van der Waals surface area contributed by atoms with E-state index in [-0.39, 0.29) is 5.25 Å². The Morgan fingerprint density at radius 3 is 2.88 bits per heavy atom. The number of hydrogen-bond donors (Lipinski definition) is 0. The number of ether oxygens (including phenoxy) is 2. The maximum Gasteiger partial charge on any atom is 0.274 e. The summed E-state index contributed by atoms with van der Waals surface area (Å²) >= 11 is 2.90. The average Bonchev–Trinajstić information content (AvgIpc) is 2.70. The highest BCUT2D eigenvalue weighted by molar-refractivity contribution is 7.99. The lowest BCUT2D eigenvalue weighted by Gasteiger charge is -2.40. The highest BCUT2D eigenvalue weighted by Gasteiger charge is 2.51. The SMILES string of the molecule is C1=COC(C2(C3C=CC=NS3)N=C(C3=CC=NSC3)C=CO2)N=C1. The molecule has 6 nitrogen and oxygen atoms in total. The van der Waals surface area contributed by atoms with Gasteiger partial charge in [-0.2, -0.15) is 0 Å². The van der Waals surface area contributed by atoms with Crippen LogP contribution in [0.25, 0.3) is 0 Å². The van der Waals surface area contributed by atoms with Crippen LogP contribution in [0.4, 0.5) is 0 Å². The van der Waals surface area contributed by atoms with Crippen molar-refractivity contribution in [2.75, 3.05) is 5.75 Å². The lowest BCUT2D eigenvalue weighted by molar-refractivity contribution is -0.0750. The molecule has 0 aromatic rings. The smallest absolute Gasteiger partial charge is 0.274 e. The van der Waals surface area contributed by atoms with Gasteiger partial charge in [0.1, 0.15) is 5.25 Å². The second-order valence-electron chi connectivity index (χ2n) is 5.17. The van der Waals surface area contributed by atoms with E-state index in [0.717, 1.165) is 17.0 Å². The van der Waals surface area contributed by atoms with Crippen LogP contribution in [0.5, 0.6) is 0 Å². The van der Waals surface area contributed by atoms with Crippen molar-refractivity contribution < 1.29 is 9.47 Å². The fourth-order valence-electron chi connectivity index (χ4n) is 2.56. The van der Waals surface area contributed by atoms with Gasteiger partial charge in [-0.1, -0.05) is 6.08 Å². The van der Waals surface area contributed by atoms with Crippen LogP contribution in [0.3, 0.4) is 0 Å². The molecule has 0 amide bonds. The van der Waals surface area contributed by atoms with Gasteiger partial charge in [0.2, 0.25) is 0 Å². The third kappa shape index (κ3) is 2.87. The van der Waals surface area contributed by atoms with Crippen molar-refractivity contribution in [1.82, 2.24) is 0 Å². The topological polar surface area (TPSA) is 67.9 Å².